The van der Waals surface area contributed by atoms with Crippen molar-refractivity contribution in [2.24, 2.45) is 0 Å². The van der Waals surface area contributed by atoms with Crippen molar-refractivity contribution in [3.05, 3.63) is 159 Å². The van der Waals surface area contributed by atoms with Gasteiger partial charge in [0.05, 0.1) is 5.92 Å². The van der Waals surface area contributed by atoms with E-state index in [1.807, 2.05) is 30.3 Å². The van der Waals surface area contributed by atoms with Gasteiger partial charge in [0.2, 0.25) is 0 Å². The highest BCUT2D eigenvalue weighted by Gasteiger charge is 2.55. The van der Waals surface area contributed by atoms with Gasteiger partial charge >= 0.3 is 0 Å². The third-order valence-corrected chi connectivity index (χ3v) is 10.8. The molecule has 6 aromatic carbocycles. The molecule has 2 aliphatic carbocycles. The number of hydrogen-bond acceptors (Lipinski definition) is 9. The summed E-state index contributed by atoms with van der Waals surface area (Å²) in [7, 11) is 0. The summed E-state index contributed by atoms with van der Waals surface area (Å²) >= 11 is 0. The molecule has 1 aliphatic heterocycles. The van der Waals surface area contributed by atoms with Crippen molar-refractivity contribution >= 4 is 0 Å². The van der Waals surface area contributed by atoms with Crippen LogP contribution in [-0.2, 0) is 0 Å². The molecule has 254 valence electrons. The van der Waals surface area contributed by atoms with E-state index >= 15 is 0 Å². The van der Waals surface area contributed by atoms with Crippen LogP contribution in [0.4, 0.5) is 0 Å². The molecule has 0 aromatic heterocycles. The molecule has 9 heteroatoms. The summed E-state index contributed by atoms with van der Waals surface area (Å²) in [5, 5.41) is 86.5. The zero-order valence-corrected chi connectivity index (χ0v) is 26.8. The van der Waals surface area contributed by atoms with Crippen molar-refractivity contribution in [2.75, 3.05) is 0 Å². The maximum Gasteiger partial charge on any atom is 0.135 e. The monoisotopic (exact) mass is 680 g/mol. The smallest absolute Gasteiger partial charge is 0.135 e. The highest BCUT2D eigenvalue weighted by Crippen LogP contribution is 2.70. The molecule has 0 bridgehead atoms. The maximum absolute atomic E-state index is 12.1. The van der Waals surface area contributed by atoms with Crippen LogP contribution in [0.5, 0.6) is 51.7 Å². The lowest BCUT2D eigenvalue weighted by Gasteiger charge is -2.34. The van der Waals surface area contributed by atoms with E-state index in [9.17, 15) is 40.9 Å². The summed E-state index contributed by atoms with van der Waals surface area (Å²) in [5.41, 5.74) is 6.46. The first kappa shape index (κ1) is 30.6. The standard InChI is InChI=1S/C42H32O9/c43-23-5-1-19(2-6-23)34-31-17-25(45)9-10-30(31)37-39-33(51-42(37)22-13-28(48)16-29(49)14-22)18-32(50)38-36(21-11-26(46)15-27(47)12-21)35(40(34)41(38)39)20-3-7-24(44)8-4-20/h1-18,34-37,40,42-50H/t34-,35+,36+,37-,40+,42-/m1/s1. The fourth-order valence-corrected chi connectivity index (χ4v) is 9.10. The quantitative estimate of drug-likeness (QED) is 0.0927. The summed E-state index contributed by atoms with van der Waals surface area (Å²) in [5.74, 6) is -2.65. The van der Waals surface area contributed by atoms with Crippen molar-refractivity contribution < 1.29 is 45.6 Å². The summed E-state index contributed by atoms with van der Waals surface area (Å²) in [6.45, 7) is 0. The molecular weight excluding hydrogens is 648 g/mol. The van der Waals surface area contributed by atoms with E-state index < -0.39 is 35.7 Å². The van der Waals surface area contributed by atoms with E-state index in [2.05, 4.69) is 0 Å². The highest BCUT2D eigenvalue weighted by molar-refractivity contribution is 5.71. The predicted molar refractivity (Wildman–Crippen MR) is 186 cm³/mol. The molecule has 0 radical (unpaired) electrons. The van der Waals surface area contributed by atoms with Gasteiger partial charge in [0, 0.05) is 58.6 Å². The molecule has 0 amide bonds. The number of phenolic OH excluding ortho intramolecular Hbond substituents is 8. The van der Waals surface area contributed by atoms with E-state index in [4.69, 9.17) is 4.74 Å². The molecule has 6 atom stereocenters. The van der Waals surface area contributed by atoms with Crippen LogP contribution in [-0.4, -0.2) is 40.9 Å². The van der Waals surface area contributed by atoms with E-state index in [0.29, 0.717) is 22.4 Å². The minimum absolute atomic E-state index is 0.0332. The van der Waals surface area contributed by atoms with Crippen LogP contribution >= 0.6 is 0 Å². The third-order valence-electron chi connectivity index (χ3n) is 10.8. The lowest BCUT2D eigenvalue weighted by atomic mass is 9.69. The van der Waals surface area contributed by atoms with Gasteiger partial charge < -0.3 is 45.6 Å². The van der Waals surface area contributed by atoms with Gasteiger partial charge in [-0.2, -0.15) is 0 Å². The number of benzene rings is 6. The molecule has 0 saturated carbocycles. The SMILES string of the molecule is Oc1ccc([C@@H]2c3cc(O)ccc3[C@@H]3c4c(cc(O)c5c4[C@@H]2[C@@H](c2ccc(O)cc2)[C@@H]5c2cc(O)cc(O)c2)O[C@@H]3c2cc(O)cc(O)c2)cc1. The van der Waals surface area contributed by atoms with E-state index in [1.165, 1.54) is 24.3 Å². The van der Waals surface area contributed by atoms with Gasteiger partial charge in [-0.05, 0) is 94.0 Å². The van der Waals surface area contributed by atoms with Crippen LogP contribution in [0.1, 0.15) is 85.8 Å². The summed E-state index contributed by atoms with van der Waals surface area (Å²) in [4.78, 5) is 0. The molecule has 9 rings (SSSR count). The van der Waals surface area contributed by atoms with Crippen molar-refractivity contribution in [1.29, 1.82) is 0 Å². The molecular formula is C42H32O9. The molecule has 0 saturated heterocycles. The Kier molecular flexibility index (Phi) is 6.60. The van der Waals surface area contributed by atoms with E-state index in [0.717, 1.165) is 33.4 Å². The van der Waals surface area contributed by atoms with Crippen molar-refractivity contribution in [3.63, 3.8) is 0 Å². The van der Waals surface area contributed by atoms with E-state index in [-0.39, 0.29) is 46.0 Å². The second-order valence-electron chi connectivity index (χ2n) is 13.7. The van der Waals surface area contributed by atoms with Crippen LogP contribution in [0.3, 0.4) is 0 Å². The van der Waals surface area contributed by atoms with Crippen molar-refractivity contribution in [3.8, 4) is 51.7 Å². The lowest BCUT2D eigenvalue weighted by molar-refractivity contribution is 0.220. The summed E-state index contributed by atoms with van der Waals surface area (Å²) < 4.78 is 6.68. The molecule has 6 aromatic rings. The van der Waals surface area contributed by atoms with Gasteiger partial charge in [-0.25, -0.2) is 0 Å². The number of hydrogen-bond donors (Lipinski definition) is 8. The first-order valence-corrected chi connectivity index (χ1v) is 16.6. The van der Waals surface area contributed by atoms with Crippen LogP contribution in [0, 0.1) is 0 Å². The minimum atomic E-state index is -0.762. The minimum Gasteiger partial charge on any atom is -0.508 e. The average molecular weight is 681 g/mol. The van der Waals surface area contributed by atoms with Gasteiger partial charge in [-0.15, -0.1) is 0 Å². The highest BCUT2D eigenvalue weighted by atomic mass is 16.5. The Morgan fingerprint density at radius 1 is 0.353 bits per heavy atom. The van der Waals surface area contributed by atoms with Crippen LogP contribution in [0.15, 0.2) is 109 Å². The second-order valence-corrected chi connectivity index (χ2v) is 13.7. The van der Waals surface area contributed by atoms with E-state index in [1.54, 1.807) is 54.6 Å². The zero-order chi connectivity index (χ0) is 35.3. The van der Waals surface area contributed by atoms with Gasteiger partial charge in [-0.1, -0.05) is 30.3 Å². The second kappa shape index (κ2) is 11.0. The van der Waals surface area contributed by atoms with Crippen LogP contribution in [0.25, 0.3) is 0 Å². The maximum atomic E-state index is 12.1. The largest absolute Gasteiger partial charge is 0.508 e. The first-order valence-electron chi connectivity index (χ1n) is 16.6. The Hall–Kier alpha value is -6.48. The van der Waals surface area contributed by atoms with Crippen molar-refractivity contribution in [2.45, 2.75) is 35.7 Å². The number of aromatic hydroxyl groups is 8. The Bertz CT molecular complexity index is 2330. The normalized spacial score (nSPS) is 22.5. The van der Waals surface area contributed by atoms with Gasteiger partial charge in [-0.3, -0.25) is 0 Å². The fraction of sp³-hybridized carbons (Fsp3) is 0.143. The van der Waals surface area contributed by atoms with Gasteiger partial charge in [0.25, 0.3) is 0 Å². The molecule has 0 spiro atoms. The zero-order valence-electron chi connectivity index (χ0n) is 26.8. The number of rotatable bonds is 4. The molecule has 0 fully saturated rings. The molecule has 8 N–H and O–H groups in total. The van der Waals surface area contributed by atoms with Crippen LogP contribution < -0.4 is 4.74 Å². The number of ether oxygens (including phenoxy) is 1. The Morgan fingerprint density at radius 3 is 1.51 bits per heavy atom. The number of fused-ring (bicyclic) bond motifs is 2. The predicted octanol–water partition coefficient (Wildman–Crippen LogP) is 7.76. The topological polar surface area (TPSA) is 171 Å². The Labute approximate surface area is 291 Å². The fourth-order valence-electron chi connectivity index (χ4n) is 9.10. The number of phenols is 8. The summed E-state index contributed by atoms with van der Waals surface area (Å²) in [6, 6.07) is 29.2. The Morgan fingerprint density at radius 2 is 0.902 bits per heavy atom. The molecule has 0 unspecified atom stereocenters. The van der Waals surface area contributed by atoms with Gasteiger partial charge in [0.15, 0.2) is 0 Å². The Balaban J connectivity index is 1.43. The lowest BCUT2D eigenvalue weighted by Crippen LogP contribution is -2.20. The molecule has 51 heavy (non-hydrogen) atoms. The first-order chi connectivity index (χ1) is 24.5. The van der Waals surface area contributed by atoms with Crippen molar-refractivity contribution in [1.82, 2.24) is 0 Å². The van der Waals surface area contributed by atoms with Gasteiger partial charge in [0.1, 0.15) is 57.8 Å². The summed E-state index contributed by atoms with van der Waals surface area (Å²) in [6.07, 6.45) is -0.762. The average Bonchev–Trinajstić information content (AvgIpc) is 3.59. The molecule has 3 aliphatic rings. The molecule has 9 nitrogen and oxygen atoms in total. The third kappa shape index (κ3) is 4.69. The molecule has 1 heterocycles. The van der Waals surface area contributed by atoms with Crippen LogP contribution in [0.2, 0.25) is 0 Å².